The summed E-state index contributed by atoms with van der Waals surface area (Å²) in [6, 6.07) is -0.547. The Morgan fingerprint density at radius 2 is 0.699 bits per heavy atom. The van der Waals surface area contributed by atoms with Gasteiger partial charge in [0.05, 0.1) is 25.4 Å². The number of unbranched alkanes of at least 4 members (excludes halogenated alkanes) is 41. The smallest absolute Gasteiger partial charge is 0.305 e. The quantitative estimate of drug-likeness (QED) is 0.0320. The lowest BCUT2D eigenvalue weighted by Crippen LogP contribution is -2.45. The highest BCUT2D eigenvalue weighted by Gasteiger charge is 2.20. The average Bonchev–Trinajstić information content (AvgIpc) is 3.39. The molecule has 3 N–H and O–H groups in total. The number of nitrogens with one attached hydrogen (secondary N) is 1. The maximum atomic E-state index is 12.5. The maximum Gasteiger partial charge on any atom is 0.305 e. The molecule has 0 fully saturated rings. The standard InChI is InChI=1S/C67H125NO5/c1-3-5-7-9-11-13-15-17-19-20-21-23-26-29-32-35-39-43-47-51-55-59-65(70)64(63-69)68-66(71)60-56-52-48-44-40-36-33-30-27-24-22-25-28-31-34-38-42-46-50-54-58-62-73-67(72)61-57-53-49-45-41-37-18-16-14-12-10-8-6-4-2/h10,12,16,18,38,42,50,54,64-65,69-70H,3-9,11,13-15,17,19-37,39-41,43-49,51-53,55-63H2,1-2H3,(H,68,71)/b12-10-,18-16-,42-38-,54-50-. The normalized spacial score (nSPS) is 12.9. The molecule has 2 atom stereocenters. The van der Waals surface area contributed by atoms with Crippen molar-refractivity contribution in [3.8, 4) is 0 Å². The van der Waals surface area contributed by atoms with Crippen molar-refractivity contribution in [2.45, 2.75) is 353 Å². The van der Waals surface area contributed by atoms with E-state index < -0.39 is 12.1 Å². The highest BCUT2D eigenvalue weighted by Crippen LogP contribution is 2.18. The van der Waals surface area contributed by atoms with Crippen LogP contribution in [0.4, 0.5) is 0 Å². The molecule has 0 spiro atoms. The summed E-state index contributed by atoms with van der Waals surface area (Å²) in [7, 11) is 0. The van der Waals surface area contributed by atoms with Crippen LogP contribution in [0.5, 0.6) is 0 Å². The predicted molar refractivity (Wildman–Crippen MR) is 319 cm³/mol. The van der Waals surface area contributed by atoms with Crippen molar-refractivity contribution in [2.75, 3.05) is 13.2 Å². The van der Waals surface area contributed by atoms with E-state index in [0.717, 1.165) is 64.2 Å². The van der Waals surface area contributed by atoms with Gasteiger partial charge in [0.2, 0.25) is 5.91 Å². The van der Waals surface area contributed by atoms with Crippen molar-refractivity contribution in [2.24, 2.45) is 0 Å². The van der Waals surface area contributed by atoms with Crippen LogP contribution in [0.1, 0.15) is 341 Å². The van der Waals surface area contributed by atoms with Gasteiger partial charge in [0.15, 0.2) is 0 Å². The van der Waals surface area contributed by atoms with E-state index in [1.165, 1.54) is 244 Å². The molecule has 6 nitrogen and oxygen atoms in total. The van der Waals surface area contributed by atoms with Gasteiger partial charge in [-0.2, -0.15) is 0 Å². The topological polar surface area (TPSA) is 95.9 Å². The van der Waals surface area contributed by atoms with Crippen molar-refractivity contribution in [3.63, 3.8) is 0 Å². The molecule has 0 aromatic heterocycles. The second kappa shape index (κ2) is 62.4. The number of carbonyl (C=O) groups excluding carboxylic acids is 2. The summed E-state index contributed by atoms with van der Waals surface area (Å²) in [4.78, 5) is 24.5. The predicted octanol–water partition coefficient (Wildman–Crippen LogP) is 20.5. The minimum absolute atomic E-state index is 0.0374. The average molecular weight is 1020 g/mol. The summed E-state index contributed by atoms with van der Waals surface area (Å²) in [5, 5.41) is 23.4. The molecular weight excluding hydrogens is 899 g/mol. The highest BCUT2D eigenvalue weighted by molar-refractivity contribution is 5.76. The molecule has 1 amide bonds. The molecule has 73 heavy (non-hydrogen) atoms. The zero-order valence-electron chi connectivity index (χ0n) is 48.9. The van der Waals surface area contributed by atoms with Gasteiger partial charge in [0, 0.05) is 12.8 Å². The lowest BCUT2D eigenvalue weighted by atomic mass is 10.0. The molecule has 0 aromatic rings. The maximum absolute atomic E-state index is 12.5. The van der Waals surface area contributed by atoms with Gasteiger partial charge in [0.25, 0.3) is 0 Å². The van der Waals surface area contributed by atoms with Gasteiger partial charge in [-0.05, 0) is 70.6 Å². The first kappa shape index (κ1) is 70.8. The molecule has 2 unspecified atom stereocenters. The van der Waals surface area contributed by atoms with Crippen molar-refractivity contribution in [3.05, 3.63) is 48.6 Å². The number of carbonyl (C=O) groups is 2. The molecule has 428 valence electrons. The number of hydrogen-bond acceptors (Lipinski definition) is 5. The highest BCUT2D eigenvalue weighted by atomic mass is 16.5. The Morgan fingerprint density at radius 3 is 1.08 bits per heavy atom. The number of allylic oxidation sites excluding steroid dienone is 7. The summed E-state index contributed by atoms with van der Waals surface area (Å²) >= 11 is 0. The van der Waals surface area contributed by atoms with Gasteiger partial charge in [-0.3, -0.25) is 9.59 Å². The van der Waals surface area contributed by atoms with Crippen molar-refractivity contribution in [1.29, 1.82) is 0 Å². The van der Waals surface area contributed by atoms with Crippen LogP contribution in [-0.4, -0.2) is 47.4 Å². The van der Waals surface area contributed by atoms with E-state index >= 15 is 0 Å². The van der Waals surface area contributed by atoms with E-state index in [1.807, 2.05) is 0 Å². The van der Waals surface area contributed by atoms with Crippen molar-refractivity contribution >= 4 is 11.9 Å². The Bertz CT molecular complexity index is 1230. The fourth-order valence-corrected chi connectivity index (χ4v) is 9.91. The van der Waals surface area contributed by atoms with Crippen LogP contribution in [0.3, 0.4) is 0 Å². The third-order valence-electron chi connectivity index (χ3n) is 14.9. The second-order valence-electron chi connectivity index (χ2n) is 22.1. The van der Waals surface area contributed by atoms with Crippen LogP contribution < -0.4 is 5.32 Å². The number of aliphatic hydroxyl groups excluding tert-OH is 2. The Hall–Kier alpha value is -2.18. The van der Waals surface area contributed by atoms with Crippen LogP contribution in [0.15, 0.2) is 48.6 Å². The summed E-state index contributed by atoms with van der Waals surface area (Å²) in [5.41, 5.74) is 0. The minimum atomic E-state index is -0.670. The molecule has 0 aliphatic carbocycles. The zero-order chi connectivity index (χ0) is 52.9. The van der Waals surface area contributed by atoms with Crippen LogP contribution in [0, 0.1) is 0 Å². The summed E-state index contributed by atoms with van der Waals surface area (Å²) in [5.74, 6) is -0.0871. The Balaban J connectivity index is 3.46. The molecule has 6 heteroatoms. The zero-order valence-corrected chi connectivity index (χ0v) is 48.9. The molecule has 0 aromatic carbocycles. The minimum Gasteiger partial charge on any atom is -0.465 e. The molecule has 0 radical (unpaired) electrons. The molecule has 0 aliphatic heterocycles. The number of aliphatic hydroxyl groups is 2. The van der Waals surface area contributed by atoms with E-state index in [1.54, 1.807) is 0 Å². The largest absolute Gasteiger partial charge is 0.465 e. The van der Waals surface area contributed by atoms with E-state index in [9.17, 15) is 19.8 Å². The molecule has 0 bridgehead atoms. The van der Waals surface area contributed by atoms with Crippen LogP contribution in [-0.2, 0) is 14.3 Å². The van der Waals surface area contributed by atoms with Gasteiger partial charge < -0.3 is 20.3 Å². The number of amides is 1. The van der Waals surface area contributed by atoms with E-state index in [4.69, 9.17) is 4.74 Å². The number of ether oxygens (including phenoxy) is 1. The van der Waals surface area contributed by atoms with Crippen molar-refractivity contribution < 1.29 is 24.5 Å². The molecular formula is C67H125NO5. The molecule has 0 aliphatic rings. The summed E-state index contributed by atoms with van der Waals surface area (Å²) in [6.45, 7) is 4.82. The molecule has 0 heterocycles. The van der Waals surface area contributed by atoms with Crippen LogP contribution >= 0.6 is 0 Å². The first-order valence-electron chi connectivity index (χ1n) is 32.4. The first-order chi connectivity index (χ1) is 36.0. The third kappa shape index (κ3) is 58.9. The van der Waals surface area contributed by atoms with E-state index in [2.05, 4.69) is 67.8 Å². The molecule has 0 saturated carbocycles. The number of esters is 1. The van der Waals surface area contributed by atoms with E-state index in [-0.39, 0.29) is 18.5 Å². The fourth-order valence-electron chi connectivity index (χ4n) is 9.91. The third-order valence-corrected chi connectivity index (χ3v) is 14.9. The lowest BCUT2D eigenvalue weighted by molar-refractivity contribution is -0.143. The first-order valence-corrected chi connectivity index (χ1v) is 32.4. The van der Waals surface area contributed by atoms with Gasteiger partial charge in [-0.25, -0.2) is 0 Å². The second-order valence-corrected chi connectivity index (χ2v) is 22.1. The van der Waals surface area contributed by atoms with Gasteiger partial charge in [-0.15, -0.1) is 0 Å². The Morgan fingerprint density at radius 1 is 0.384 bits per heavy atom. The van der Waals surface area contributed by atoms with Gasteiger partial charge in [-0.1, -0.05) is 306 Å². The number of rotatable bonds is 60. The van der Waals surface area contributed by atoms with Crippen molar-refractivity contribution in [1.82, 2.24) is 5.32 Å². The Labute approximate surface area is 455 Å². The summed E-state index contributed by atoms with van der Waals surface area (Å²) < 4.78 is 5.41. The SMILES string of the molecule is CCCC/C=C\C/C=C\CCCCCCCC(=O)OCC/C=C\C/C=C\CCCCCCCCCCCCCCCCC(=O)NC(CO)C(O)CCCCCCCCCCCCCCCCCCCCCCC. The molecule has 0 saturated heterocycles. The monoisotopic (exact) mass is 1020 g/mol. The fraction of sp³-hybridized carbons (Fsp3) is 0.851. The summed E-state index contributed by atoms with van der Waals surface area (Å²) in [6.07, 6.45) is 80.0. The molecule has 0 rings (SSSR count). The van der Waals surface area contributed by atoms with Crippen LogP contribution in [0.25, 0.3) is 0 Å². The number of hydrogen-bond donors (Lipinski definition) is 3. The van der Waals surface area contributed by atoms with E-state index in [0.29, 0.717) is 25.9 Å². The Kier molecular flexibility index (Phi) is 60.5. The van der Waals surface area contributed by atoms with Gasteiger partial charge in [0.1, 0.15) is 0 Å². The lowest BCUT2D eigenvalue weighted by Gasteiger charge is -2.22. The van der Waals surface area contributed by atoms with Gasteiger partial charge >= 0.3 is 5.97 Å². The van der Waals surface area contributed by atoms with Crippen LogP contribution in [0.2, 0.25) is 0 Å².